The van der Waals surface area contributed by atoms with E-state index < -0.39 is 28.5 Å². The van der Waals surface area contributed by atoms with Gasteiger partial charge in [0.25, 0.3) is 0 Å². The van der Waals surface area contributed by atoms with Gasteiger partial charge in [0.05, 0.1) is 11.9 Å². The van der Waals surface area contributed by atoms with E-state index in [4.69, 9.17) is 11.6 Å². The van der Waals surface area contributed by atoms with Gasteiger partial charge >= 0.3 is 0 Å². The molecule has 0 radical (unpaired) electrons. The molecule has 0 aliphatic rings. The maximum Gasteiger partial charge on any atom is 0.244 e. The summed E-state index contributed by atoms with van der Waals surface area (Å²) in [5.74, 6) is -0.785. The molecule has 0 spiro atoms. The Hall–Kier alpha value is -3.36. The number of carbonyl (C=O) groups is 2. The van der Waals surface area contributed by atoms with Gasteiger partial charge in [0.15, 0.2) is 0 Å². The number of nitrogens with zero attached hydrogens (tertiary/aromatic N) is 2. The fraction of sp³-hybridized carbons (Fsp3) is 0.355. The Kier molecular flexibility index (Phi) is 10.8. The molecule has 0 bridgehead atoms. The van der Waals surface area contributed by atoms with E-state index in [1.54, 1.807) is 30.3 Å². The molecule has 0 aliphatic carbocycles. The molecule has 2 amide bonds. The molecule has 0 saturated carbocycles. The Bertz CT molecular complexity index is 1410. The van der Waals surface area contributed by atoms with Crippen molar-refractivity contribution in [1.82, 2.24) is 10.2 Å². The van der Waals surface area contributed by atoms with E-state index in [-0.39, 0.29) is 30.8 Å². The number of hydrogen-bond donors (Lipinski definition) is 1. The first-order valence-corrected chi connectivity index (χ1v) is 15.5. The summed E-state index contributed by atoms with van der Waals surface area (Å²) in [5, 5.41) is 3.44. The summed E-state index contributed by atoms with van der Waals surface area (Å²) in [4.78, 5) is 29.2. The second kappa shape index (κ2) is 13.8. The minimum Gasteiger partial charge on any atom is -0.352 e. The van der Waals surface area contributed by atoms with E-state index in [2.05, 4.69) is 5.32 Å². The van der Waals surface area contributed by atoms with Crippen LogP contribution in [0.15, 0.2) is 78.9 Å². The molecule has 3 aromatic rings. The van der Waals surface area contributed by atoms with Crippen molar-refractivity contribution in [2.75, 3.05) is 17.1 Å². The van der Waals surface area contributed by atoms with Gasteiger partial charge in [0.1, 0.15) is 12.6 Å². The van der Waals surface area contributed by atoms with Crippen LogP contribution in [0.1, 0.15) is 50.3 Å². The average Bonchev–Trinajstić information content (AvgIpc) is 2.88. The number of rotatable bonds is 12. The van der Waals surface area contributed by atoms with E-state index in [0.29, 0.717) is 10.7 Å². The summed E-state index contributed by atoms with van der Waals surface area (Å²) in [7, 11) is -3.84. The van der Waals surface area contributed by atoms with E-state index in [1.165, 1.54) is 4.90 Å². The topological polar surface area (TPSA) is 86.8 Å². The van der Waals surface area contributed by atoms with Crippen LogP contribution in [0.5, 0.6) is 0 Å². The van der Waals surface area contributed by atoms with E-state index in [9.17, 15) is 18.0 Å². The average molecular weight is 584 g/mol. The van der Waals surface area contributed by atoms with Crippen LogP contribution in [0.4, 0.5) is 5.69 Å². The van der Waals surface area contributed by atoms with Crippen molar-refractivity contribution in [1.29, 1.82) is 0 Å². The van der Waals surface area contributed by atoms with Gasteiger partial charge in [0, 0.05) is 24.0 Å². The fourth-order valence-corrected chi connectivity index (χ4v) is 5.65. The van der Waals surface area contributed by atoms with Crippen LogP contribution in [-0.2, 0) is 32.6 Å². The number of carbonyl (C=O) groups excluding carboxylic acids is 2. The summed E-state index contributed by atoms with van der Waals surface area (Å²) in [6.07, 6.45) is 1.35. The fourth-order valence-electron chi connectivity index (χ4n) is 4.56. The zero-order chi connectivity index (χ0) is 29.4. The monoisotopic (exact) mass is 583 g/mol. The molecule has 3 aromatic carbocycles. The molecule has 1 N–H and O–H groups in total. The molecule has 3 rings (SSSR count). The normalized spacial score (nSPS) is 12.3. The lowest BCUT2D eigenvalue weighted by Crippen LogP contribution is -2.54. The quantitative estimate of drug-likeness (QED) is 0.309. The first-order chi connectivity index (χ1) is 18.9. The highest BCUT2D eigenvalue weighted by Gasteiger charge is 2.33. The van der Waals surface area contributed by atoms with Crippen LogP contribution in [0.2, 0.25) is 5.02 Å². The number of halogens is 1. The lowest BCUT2D eigenvalue weighted by molar-refractivity contribution is -0.140. The third kappa shape index (κ3) is 8.57. The van der Waals surface area contributed by atoms with Crippen LogP contribution in [0, 0.1) is 0 Å². The minimum atomic E-state index is -3.84. The number of para-hydroxylation sites is 1. The van der Waals surface area contributed by atoms with Crippen LogP contribution >= 0.6 is 11.6 Å². The predicted octanol–water partition coefficient (Wildman–Crippen LogP) is 5.39. The van der Waals surface area contributed by atoms with Gasteiger partial charge in [-0.05, 0) is 54.7 Å². The summed E-state index contributed by atoms with van der Waals surface area (Å²) in [6.45, 7) is 7.27. The molecule has 0 aliphatic heterocycles. The maximum absolute atomic E-state index is 14.2. The minimum absolute atomic E-state index is 0.0285. The Morgan fingerprint density at radius 1 is 0.875 bits per heavy atom. The molecule has 40 heavy (non-hydrogen) atoms. The predicted molar refractivity (Wildman–Crippen MR) is 162 cm³/mol. The SMILES string of the molecule is CC(C)NC(=O)[C@H](Cc1ccccc1)N(Cc1cccc(Cl)c1)C(=O)CN(c1ccccc1C(C)C)S(C)(=O)=O. The van der Waals surface area contributed by atoms with Crippen molar-refractivity contribution in [2.24, 2.45) is 0 Å². The Morgan fingerprint density at radius 3 is 2.10 bits per heavy atom. The lowest BCUT2D eigenvalue weighted by Gasteiger charge is -2.34. The van der Waals surface area contributed by atoms with Crippen LogP contribution in [0.25, 0.3) is 0 Å². The summed E-state index contributed by atoms with van der Waals surface area (Å²) < 4.78 is 27.3. The zero-order valence-corrected chi connectivity index (χ0v) is 25.2. The highest BCUT2D eigenvalue weighted by atomic mass is 35.5. The largest absolute Gasteiger partial charge is 0.352 e. The van der Waals surface area contributed by atoms with Gasteiger partial charge in [-0.25, -0.2) is 8.42 Å². The van der Waals surface area contributed by atoms with E-state index >= 15 is 0 Å². The van der Waals surface area contributed by atoms with Gasteiger partial charge in [-0.15, -0.1) is 0 Å². The van der Waals surface area contributed by atoms with Gasteiger partial charge in [-0.3, -0.25) is 13.9 Å². The standard InChI is InChI=1S/C31H38ClN3O4S/c1-22(2)27-16-9-10-17-28(27)35(40(5,38)39)21-30(36)34(20-25-14-11-15-26(32)18-25)29(31(37)33-23(3)4)19-24-12-7-6-8-13-24/h6-18,22-23,29H,19-21H2,1-5H3,(H,33,37)/t29-/m0/s1. The molecule has 214 valence electrons. The van der Waals surface area contributed by atoms with Crippen LogP contribution < -0.4 is 9.62 Å². The zero-order valence-electron chi connectivity index (χ0n) is 23.7. The van der Waals surface area contributed by atoms with Gasteiger partial charge in [-0.1, -0.05) is 86.1 Å². The smallest absolute Gasteiger partial charge is 0.244 e. The first-order valence-electron chi connectivity index (χ1n) is 13.3. The lowest BCUT2D eigenvalue weighted by atomic mass is 10.0. The number of benzene rings is 3. The van der Waals surface area contributed by atoms with Gasteiger partial charge in [0.2, 0.25) is 21.8 Å². The Morgan fingerprint density at radius 2 is 1.50 bits per heavy atom. The van der Waals surface area contributed by atoms with E-state index in [0.717, 1.165) is 27.3 Å². The third-order valence-corrected chi connectivity index (χ3v) is 7.81. The van der Waals surface area contributed by atoms with Crippen LogP contribution in [0.3, 0.4) is 0 Å². The van der Waals surface area contributed by atoms with Crippen molar-refractivity contribution in [3.63, 3.8) is 0 Å². The number of hydrogen-bond acceptors (Lipinski definition) is 4. The molecule has 1 atom stereocenters. The van der Waals surface area contributed by atoms with Crippen molar-refractivity contribution >= 4 is 39.1 Å². The Labute approximate surface area is 243 Å². The molecule has 0 aromatic heterocycles. The molecular formula is C31H38ClN3O4S. The van der Waals surface area contributed by atoms with Crippen molar-refractivity contribution < 1.29 is 18.0 Å². The molecule has 0 heterocycles. The second-order valence-electron chi connectivity index (χ2n) is 10.5. The van der Waals surface area contributed by atoms with Crippen molar-refractivity contribution in [3.05, 3.63) is 101 Å². The maximum atomic E-state index is 14.2. The van der Waals surface area contributed by atoms with Crippen molar-refractivity contribution in [2.45, 2.75) is 58.7 Å². The summed E-state index contributed by atoms with van der Waals surface area (Å²) in [6, 6.07) is 22.7. The van der Waals surface area contributed by atoms with E-state index in [1.807, 2.05) is 76.2 Å². The van der Waals surface area contributed by atoms with Gasteiger partial charge < -0.3 is 10.2 Å². The number of amides is 2. The molecule has 9 heteroatoms. The third-order valence-electron chi connectivity index (χ3n) is 6.45. The Balaban J connectivity index is 2.09. The molecule has 0 saturated heterocycles. The number of anilines is 1. The number of sulfonamides is 1. The van der Waals surface area contributed by atoms with Crippen molar-refractivity contribution in [3.8, 4) is 0 Å². The summed E-state index contributed by atoms with van der Waals surface area (Å²) in [5.41, 5.74) is 2.85. The molecule has 0 unspecified atom stereocenters. The molecule has 0 fully saturated rings. The number of nitrogens with one attached hydrogen (secondary N) is 1. The molecule has 7 nitrogen and oxygen atoms in total. The van der Waals surface area contributed by atoms with Gasteiger partial charge in [-0.2, -0.15) is 0 Å². The highest BCUT2D eigenvalue weighted by Crippen LogP contribution is 2.29. The second-order valence-corrected chi connectivity index (χ2v) is 12.8. The van der Waals surface area contributed by atoms with Crippen LogP contribution in [-0.4, -0.2) is 50.0 Å². The molecular weight excluding hydrogens is 546 g/mol. The summed E-state index contributed by atoms with van der Waals surface area (Å²) >= 11 is 6.25. The first kappa shape index (κ1) is 31.2. The highest BCUT2D eigenvalue weighted by molar-refractivity contribution is 7.92.